The first kappa shape index (κ1) is 93.1. The molecule has 0 aliphatic rings. The minimum absolute atomic E-state index is 0.104. The minimum Gasteiger partial charge on any atom is -0.462 e. The third-order valence-electron chi connectivity index (χ3n) is 18.4. The highest BCUT2D eigenvalue weighted by Crippen LogP contribution is 2.45. The van der Waals surface area contributed by atoms with Crippen molar-refractivity contribution < 1.29 is 80.2 Å². The van der Waals surface area contributed by atoms with E-state index in [1.807, 2.05) is 0 Å². The van der Waals surface area contributed by atoms with Gasteiger partial charge in [-0.25, -0.2) is 9.13 Å². The normalized spacial score (nSPS) is 14.6. The molecule has 19 heteroatoms. The molecule has 564 valence electrons. The standard InChI is InChI=1S/C76H148O17P2/c1-8-11-12-13-14-15-16-17-18-19-20-21-22-23-24-25-26-27-28-36-45-52-59-75(80)92-71(63-86-73(78)57-50-43-35-31-29-33-41-48-55-68(6)9-2)65-90-94(82,83)88-61-70(77)62-89-95(84,85)91-66-72(64-87-74(79)58-51-44-39-38-40-47-54-67(4)5)93-76(81)60-53-46-37-32-30-34-42-49-56-69(7)10-3/h67-72,77H,8-66H2,1-7H3,(H,82,83)(H,84,85)/t68?,69?,70-,71-,72-/m1/s1. The lowest BCUT2D eigenvalue weighted by Crippen LogP contribution is -2.30. The van der Waals surface area contributed by atoms with Crippen LogP contribution in [0, 0.1) is 17.8 Å². The maximum atomic E-state index is 13.1. The highest BCUT2D eigenvalue weighted by atomic mass is 31.2. The zero-order valence-electron chi connectivity index (χ0n) is 62.1. The summed E-state index contributed by atoms with van der Waals surface area (Å²) in [6.45, 7) is 11.8. The van der Waals surface area contributed by atoms with Gasteiger partial charge in [0.05, 0.1) is 26.4 Å². The van der Waals surface area contributed by atoms with E-state index in [2.05, 4.69) is 48.5 Å². The number of hydrogen-bond donors (Lipinski definition) is 3. The Bertz CT molecular complexity index is 1860. The fraction of sp³-hybridized carbons (Fsp3) is 0.947. The Morgan fingerprint density at radius 1 is 0.305 bits per heavy atom. The average molecular weight is 1400 g/mol. The molecule has 17 nitrogen and oxygen atoms in total. The van der Waals surface area contributed by atoms with Crippen molar-refractivity contribution in [3.05, 3.63) is 0 Å². The van der Waals surface area contributed by atoms with Crippen molar-refractivity contribution in [1.29, 1.82) is 0 Å². The largest absolute Gasteiger partial charge is 0.472 e. The molecule has 0 aromatic rings. The van der Waals surface area contributed by atoms with Crippen LogP contribution in [0.15, 0.2) is 0 Å². The molecular weight excluding hydrogens is 1250 g/mol. The van der Waals surface area contributed by atoms with E-state index in [4.69, 9.17) is 37.0 Å². The Kier molecular flexibility index (Phi) is 65.2. The molecule has 0 radical (unpaired) electrons. The minimum atomic E-state index is -4.96. The molecule has 0 amide bonds. The third kappa shape index (κ3) is 67.6. The van der Waals surface area contributed by atoms with Crippen molar-refractivity contribution in [2.24, 2.45) is 17.8 Å². The van der Waals surface area contributed by atoms with Gasteiger partial charge in [-0.05, 0) is 43.4 Å². The first-order chi connectivity index (χ1) is 45.8. The summed E-state index contributed by atoms with van der Waals surface area (Å²) in [6.07, 6.45) is 53.0. The predicted octanol–water partition coefficient (Wildman–Crippen LogP) is 22.2. The second-order valence-corrected chi connectivity index (χ2v) is 31.3. The molecule has 4 unspecified atom stereocenters. The van der Waals surface area contributed by atoms with Gasteiger partial charge in [-0.1, -0.05) is 337 Å². The average Bonchev–Trinajstić information content (AvgIpc) is 2.49. The SMILES string of the molecule is CCCCCCCCCCCCCCCCCCCCCCCCC(=O)O[C@H](COC(=O)CCCCCCCCCCC(C)CC)COP(=O)(O)OC[C@@H](O)COP(=O)(O)OC[C@@H](COC(=O)CCCCCCCCC(C)C)OC(=O)CCCCCCCCCCC(C)CC. The highest BCUT2D eigenvalue weighted by molar-refractivity contribution is 7.47. The summed E-state index contributed by atoms with van der Waals surface area (Å²) in [6, 6.07) is 0. The van der Waals surface area contributed by atoms with Crippen LogP contribution in [0.4, 0.5) is 0 Å². The summed E-state index contributed by atoms with van der Waals surface area (Å²) in [5, 5.41) is 10.6. The van der Waals surface area contributed by atoms with Crippen LogP contribution in [0.3, 0.4) is 0 Å². The van der Waals surface area contributed by atoms with Gasteiger partial charge in [-0.2, -0.15) is 0 Å². The maximum Gasteiger partial charge on any atom is 0.472 e. The van der Waals surface area contributed by atoms with Crippen LogP contribution in [-0.2, 0) is 65.4 Å². The molecule has 0 aromatic carbocycles. The molecule has 3 N–H and O–H groups in total. The van der Waals surface area contributed by atoms with Gasteiger partial charge in [-0.15, -0.1) is 0 Å². The number of esters is 4. The van der Waals surface area contributed by atoms with Gasteiger partial charge in [0.2, 0.25) is 0 Å². The van der Waals surface area contributed by atoms with E-state index in [9.17, 15) is 43.2 Å². The maximum absolute atomic E-state index is 13.1. The lowest BCUT2D eigenvalue weighted by Gasteiger charge is -2.21. The van der Waals surface area contributed by atoms with Crippen LogP contribution < -0.4 is 0 Å². The van der Waals surface area contributed by atoms with Gasteiger partial charge < -0.3 is 33.8 Å². The number of carbonyl (C=O) groups excluding carboxylic acids is 4. The van der Waals surface area contributed by atoms with E-state index in [0.29, 0.717) is 31.6 Å². The molecule has 0 saturated carbocycles. The molecule has 0 saturated heterocycles. The molecule has 0 bridgehead atoms. The summed E-state index contributed by atoms with van der Waals surface area (Å²) in [4.78, 5) is 72.7. The van der Waals surface area contributed by atoms with Crippen LogP contribution in [0.1, 0.15) is 389 Å². The van der Waals surface area contributed by atoms with Crippen molar-refractivity contribution in [2.75, 3.05) is 39.6 Å². The Morgan fingerprint density at radius 2 is 0.537 bits per heavy atom. The summed E-state index contributed by atoms with van der Waals surface area (Å²) in [5.41, 5.74) is 0. The summed E-state index contributed by atoms with van der Waals surface area (Å²) in [5.74, 6) is 0.102. The third-order valence-corrected chi connectivity index (χ3v) is 20.3. The number of unbranched alkanes of at least 4 members (excludes halogenated alkanes) is 40. The smallest absolute Gasteiger partial charge is 0.462 e. The number of rotatable bonds is 74. The Balaban J connectivity index is 5.18. The fourth-order valence-corrected chi connectivity index (χ4v) is 13.1. The lowest BCUT2D eigenvalue weighted by molar-refractivity contribution is -0.161. The van der Waals surface area contributed by atoms with E-state index >= 15 is 0 Å². The molecule has 95 heavy (non-hydrogen) atoms. The zero-order valence-corrected chi connectivity index (χ0v) is 63.9. The molecule has 0 aliphatic carbocycles. The van der Waals surface area contributed by atoms with Crippen LogP contribution in [0.25, 0.3) is 0 Å². The lowest BCUT2D eigenvalue weighted by atomic mass is 9.99. The molecule has 0 spiro atoms. The molecule has 7 atom stereocenters. The van der Waals surface area contributed by atoms with Gasteiger partial charge >= 0.3 is 39.5 Å². The first-order valence-electron chi connectivity index (χ1n) is 39.4. The molecular formula is C76H148O17P2. The molecule has 0 aliphatic heterocycles. The molecule has 0 heterocycles. The van der Waals surface area contributed by atoms with E-state index in [0.717, 1.165) is 108 Å². The molecule has 0 fully saturated rings. The Hall–Kier alpha value is -1.94. The van der Waals surface area contributed by atoms with E-state index < -0.39 is 97.5 Å². The number of carbonyl (C=O) groups is 4. The monoisotopic (exact) mass is 1400 g/mol. The van der Waals surface area contributed by atoms with Crippen molar-refractivity contribution >= 4 is 39.5 Å². The van der Waals surface area contributed by atoms with Gasteiger partial charge in [0, 0.05) is 25.7 Å². The second-order valence-electron chi connectivity index (χ2n) is 28.4. The quantitative estimate of drug-likeness (QED) is 0.0222. The molecule has 0 aromatic heterocycles. The second kappa shape index (κ2) is 66.6. The Labute approximate surface area is 581 Å². The van der Waals surface area contributed by atoms with Crippen LogP contribution in [0.2, 0.25) is 0 Å². The van der Waals surface area contributed by atoms with Crippen LogP contribution in [0.5, 0.6) is 0 Å². The van der Waals surface area contributed by atoms with Crippen molar-refractivity contribution in [3.8, 4) is 0 Å². The summed E-state index contributed by atoms with van der Waals surface area (Å²) in [7, 11) is -9.91. The topological polar surface area (TPSA) is 237 Å². The van der Waals surface area contributed by atoms with E-state index in [-0.39, 0.29) is 25.7 Å². The number of phosphoric acid groups is 2. The number of aliphatic hydroxyl groups excluding tert-OH is 1. The van der Waals surface area contributed by atoms with Crippen molar-refractivity contribution in [3.63, 3.8) is 0 Å². The van der Waals surface area contributed by atoms with E-state index in [1.54, 1.807) is 0 Å². The van der Waals surface area contributed by atoms with Gasteiger partial charge in [0.25, 0.3) is 0 Å². The zero-order chi connectivity index (χ0) is 70.1. The highest BCUT2D eigenvalue weighted by Gasteiger charge is 2.30. The van der Waals surface area contributed by atoms with Crippen LogP contribution >= 0.6 is 15.6 Å². The van der Waals surface area contributed by atoms with Gasteiger partial charge in [0.15, 0.2) is 12.2 Å². The number of aliphatic hydroxyl groups is 1. The fourth-order valence-electron chi connectivity index (χ4n) is 11.5. The predicted molar refractivity (Wildman–Crippen MR) is 386 cm³/mol. The number of phosphoric ester groups is 2. The number of hydrogen-bond acceptors (Lipinski definition) is 15. The van der Waals surface area contributed by atoms with Crippen LogP contribution in [-0.4, -0.2) is 96.7 Å². The number of ether oxygens (including phenoxy) is 4. The molecule has 0 rings (SSSR count). The van der Waals surface area contributed by atoms with Gasteiger partial charge in [-0.3, -0.25) is 37.3 Å². The van der Waals surface area contributed by atoms with Crippen molar-refractivity contribution in [2.45, 2.75) is 407 Å². The van der Waals surface area contributed by atoms with E-state index in [1.165, 1.54) is 193 Å². The first-order valence-corrected chi connectivity index (χ1v) is 42.4. The summed E-state index contributed by atoms with van der Waals surface area (Å²) >= 11 is 0. The van der Waals surface area contributed by atoms with Gasteiger partial charge in [0.1, 0.15) is 19.3 Å². The Morgan fingerprint density at radius 3 is 0.800 bits per heavy atom. The summed E-state index contributed by atoms with van der Waals surface area (Å²) < 4.78 is 68.4. The van der Waals surface area contributed by atoms with Crippen molar-refractivity contribution in [1.82, 2.24) is 0 Å².